The van der Waals surface area contributed by atoms with Crippen molar-refractivity contribution in [3.8, 4) is 17.2 Å². The molecular weight excluding hydrogens is 473 g/mol. The predicted octanol–water partition coefficient (Wildman–Crippen LogP) is 4.92. The Hall–Kier alpha value is -3.52. The number of aromatic nitrogens is 2. The zero-order valence-corrected chi connectivity index (χ0v) is 20.5. The molecule has 4 aromatic rings. The number of methoxy groups -OCH3 is 2. The van der Waals surface area contributed by atoms with E-state index in [1.54, 1.807) is 34.8 Å². The monoisotopic (exact) mass is 497 g/mol. The first-order valence-electron chi connectivity index (χ1n) is 11.4. The molecule has 2 aromatic carbocycles. The van der Waals surface area contributed by atoms with Gasteiger partial charge in [-0.05, 0) is 43.5 Å². The summed E-state index contributed by atoms with van der Waals surface area (Å²) >= 11 is 6.32. The molecule has 0 unspecified atom stereocenters. The van der Waals surface area contributed by atoms with Gasteiger partial charge < -0.3 is 18.9 Å². The van der Waals surface area contributed by atoms with Crippen molar-refractivity contribution in [1.29, 1.82) is 0 Å². The van der Waals surface area contributed by atoms with E-state index in [4.69, 9.17) is 21.1 Å². The Morgan fingerprint density at radius 2 is 1.66 bits per heavy atom. The van der Waals surface area contributed by atoms with E-state index in [0.29, 0.717) is 46.4 Å². The first-order valence-corrected chi connectivity index (χ1v) is 11.8. The lowest BCUT2D eigenvalue weighted by atomic mass is 10.0. The molecular formula is C26H25ClFN3O4. The van der Waals surface area contributed by atoms with Crippen LogP contribution < -0.4 is 15.0 Å². The summed E-state index contributed by atoms with van der Waals surface area (Å²) in [6.45, 7) is 1.26. The number of amides is 1. The van der Waals surface area contributed by atoms with E-state index in [9.17, 15) is 9.59 Å². The molecule has 0 spiro atoms. The van der Waals surface area contributed by atoms with Crippen LogP contribution in [0.3, 0.4) is 0 Å². The SMILES string of the molecule is COc1cc2c(C(=O)N3CCCCC3)cn(-c3c(F)cc(Cl)c4c3ccn4C)c(=O)c2cc1OC. The number of rotatable bonds is 4. The number of ether oxygens (including phenoxy) is 2. The number of nitrogens with zero attached hydrogens (tertiary/aromatic N) is 3. The maximum atomic E-state index is 15.4. The highest BCUT2D eigenvalue weighted by atomic mass is 35.5. The third-order valence-electron chi connectivity index (χ3n) is 6.67. The minimum absolute atomic E-state index is 0.0411. The van der Waals surface area contributed by atoms with E-state index in [1.807, 2.05) is 0 Å². The number of carbonyl (C=O) groups is 1. The fourth-order valence-electron chi connectivity index (χ4n) is 4.91. The third kappa shape index (κ3) is 3.72. The third-order valence-corrected chi connectivity index (χ3v) is 6.96. The Bertz CT molecular complexity index is 1540. The number of fused-ring (bicyclic) bond motifs is 2. The van der Waals surface area contributed by atoms with Gasteiger partial charge in [-0.3, -0.25) is 14.2 Å². The molecule has 0 N–H and O–H groups in total. The van der Waals surface area contributed by atoms with Gasteiger partial charge >= 0.3 is 0 Å². The largest absolute Gasteiger partial charge is 0.493 e. The maximum Gasteiger partial charge on any atom is 0.263 e. The molecule has 0 aliphatic carbocycles. The van der Waals surface area contributed by atoms with Crippen LogP contribution in [0.15, 0.2) is 41.5 Å². The lowest BCUT2D eigenvalue weighted by Gasteiger charge is -2.27. The zero-order valence-electron chi connectivity index (χ0n) is 19.7. The molecule has 2 aromatic heterocycles. The molecule has 7 nitrogen and oxygen atoms in total. The van der Waals surface area contributed by atoms with E-state index in [-0.39, 0.29) is 22.0 Å². The molecule has 1 amide bonds. The second-order valence-electron chi connectivity index (χ2n) is 8.70. The summed E-state index contributed by atoms with van der Waals surface area (Å²) in [5.41, 5.74) is 0.439. The van der Waals surface area contributed by atoms with Crippen molar-refractivity contribution >= 4 is 39.2 Å². The summed E-state index contributed by atoms with van der Waals surface area (Å²) in [6.07, 6.45) is 6.08. The Morgan fingerprint density at radius 3 is 2.31 bits per heavy atom. The first kappa shape index (κ1) is 23.2. The van der Waals surface area contributed by atoms with Gasteiger partial charge in [0.1, 0.15) is 5.82 Å². The average Bonchev–Trinajstić information content (AvgIpc) is 3.26. The van der Waals surface area contributed by atoms with Crippen LogP contribution in [0.25, 0.3) is 27.4 Å². The molecule has 0 saturated carbocycles. The Morgan fingerprint density at radius 1 is 1.00 bits per heavy atom. The number of benzene rings is 2. The molecule has 0 bridgehead atoms. The number of carbonyl (C=O) groups excluding carboxylic acids is 1. The molecule has 1 aliphatic rings. The van der Waals surface area contributed by atoms with Crippen LogP contribution in [0.4, 0.5) is 4.39 Å². The van der Waals surface area contributed by atoms with E-state index >= 15 is 4.39 Å². The summed E-state index contributed by atoms with van der Waals surface area (Å²) in [7, 11) is 4.76. The lowest BCUT2D eigenvalue weighted by molar-refractivity contribution is 0.0725. The number of pyridine rings is 1. The van der Waals surface area contributed by atoms with Crippen LogP contribution in [0.5, 0.6) is 11.5 Å². The van der Waals surface area contributed by atoms with Crippen LogP contribution in [-0.4, -0.2) is 47.3 Å². The predicted molar refractivity (Wildman–Crippen MR) is 134 cm³/mol. The number of aryl methyl sites for hydroxylation is 1. The van der Waals surface area contributed by atoms with Crippen molar-refractivity contribution in [3.05, 3.63) is 63.4 Å². The average molecular weight is 498 g/mol. The lowest BCUT2D eigenvalue weighted by Crippen LogP contribution is -2.36. The van der Waals surface area contributed by atoms with E-state index in [2.05, 4.69) is 0 Å². The molecule has 0 radical (unpaired) electrons. The van der Waals surface area contributed by atoms with Crippen molar-refractivity contribution in [2.45, 2.75) is 19.3 Å². The maximum absolute atomic E-state index is 15.4. The van der Waals surface area contributed by atoms with Gasteiger partial charge in [0.25, 0.3) is 11.5 Å². The second-order valence-corrected chi connectivity index (χ2v) is 9.11. The van der Waals surface area contributed by atoms with Crippen LogP contribution >= 0.6 is 11.6 Å². The van der Waals surface area contributed by atoms with Crippen LogP contribution in [-0.2, 0) is 7.05 Å². The van der Waals surface area contributed by atoms with E-state index in [0.717, 1.165) is 19.3 Å². The standard InChI is InChI=1S/C26H25ClFN3O4/c1-29-10-7-15-23(29)19(27)13-20(28)24(15)31-14-18(25(32)30-8-5-4-6-9-30)16-11-21(34-2)22(35-3)12-17(16)26(31)33/h7,10-14H,4-6,8-9H2,1-3H3. The summed E-state index contributed by atoms with van der Waals surface area (Å²) < 4.78 is 29.2. The molecule has 182 valence electrons. The first-order chi connectivity index (χ1) is 16.8. The topological polar surface area (TPSA) is 65.7 Å². The van der Waals surface area contributed by atoms with Crippen LogP contribution in [0.2, 0.25) is 5.02 Å². The van der Waals surface area contributed by atoms with Crippen molar-refractivity contribution < 1.29 is 18.7 Å². The van der Waals surface area contributed by atoms with E-state index in [1.165, 1.54) is 37.1 Å². The molecule has 35 heavy (non-hydrogen) atoms. The Balaban J connectivity index is 1.87. The summed E-state index contributed by atoms with van der Waals surface area (Å²) in [4.78, 5) is 29.2. The highest BCUT2D eigenvalue weighted by Gasteiger charge is 2.26. The van der Waals surface area contributed by atoms with Gasteiger partial charge in [-0.2, -0.15) is 0 Å². The number of hydrogen-bond donors (Lipinski definition) is 0. The van der Waals surface area contributed by atoms with Gasteiger partial charge in [0.2, 0.25) is 0 Å². The van der Waals surface area contributed by atoms with Gasteiger partial charge in [-0.25, -0.2) is 4.39 Å². The molecule has 1 fully saturated rings. The van der Waals surface area contributed by atoms with Gasteiger partial charge in [-0.1, -0.05) is 11.6 Å². The number of piperidine rings is 1. The number of hydrogen-bond acceptors (Lipinski definition) is 4. The Kier molecular flexibility index (Phi) is 5.92. The Labute approximate surface area is 206 Å². The minimum atomic E-state index is -0.660. The summed E-state index contributed by atoms with van der Waals surface area (Å²) in [6, 6.07) is 6.07. The second kappa shape index (κ2) is 8.92. The van der Waals surface area contributed by atoms with Crippen LogP contribution in [0, 0.1) is 5.82 Å². The van der Waals surface area contributed by atoms with Gasteiger partial charge in [0.05, 0.1) is 41.4 Å². The fraction of sp³-hybridized carbons (Fsp3) is 0.308. The summed E-state index contributed by atoms with van der Waals surface area (Å²) in [5, 5.41) is 1.36. The van der Waals surface area contributed by atoms with Crippen molar-refractivity contribution in [1.82, 2.24) is 14.0 Å². The minimum Gasteiger partial charge on any atom is -0.493 e. The normalized spacial score (nSPS) is 14.0. The van der Waals surface area contributed by atoms with Crippen molar-refractivity contribution in [2.24, 2.45) is 7.05 Å². The molecule has 9 heteroatoms. The molecule has 5 rings (SSSR count). The van der Waals surface area contributed by atoms with E-state index < -0.39 is 11.4 Å². The van der Waals surface area contributed by atoms with Crippen molar-refractivity contribution in [3.63, 3.8) is 0 Å². The molecule has 1 saturated heterocycles. The molecule has 3 heterocycles. The fourth-order valence-corrected chi connectivity index (χ4v) is 5.24. The highest BCUT2D eigenvalue weighted by molar-refractivity contribution is 6.35. The van der Waals surface area contributed by atoms with Crippen LogP contribution in [0.1, 0.15) is 29.6 Å². The van der Waals surface area contributed by atoms with Gasteiger partial charge in [0.15, 0.2) is 11.5 Å². The number of likely N-dealkylation sites (tertiary alicyclic amines) is 1. The number of halogens is 2. The van der Waals surface area contributed by atoms with Crippen molar-refractivity contribution in [2.75, 3.05) is 27.3 Å². The van der Waals surface area contributed by atoms with Gasteiger partial charge in [-0.15, -0.1) is 0 Å². The van der Waals surface area contributed by atoms with Gasteiger partial charge in [0, 0.05) is 43.3 Å². The smallest absolute Gasteiger partial charge is 0.263 e. The summed E-state index contributed by atoms with van der Waals surface area (Å²) in [5.74, 6) is -0.137. The highest BCUT2D eigenvalue weighted by Crippen LogP contribution is 2.35. The molecule has 1 aliphatic heterocycles. The zero-order chi connectivity index (χ0) is 24.9. The quantitative estimate of drug-likeness (QED) is 0.401. The molecule has 0 atom stereocenters.